The number of hydrogen-bond acceptors (Lipinski definition) is 3. The van der Waals surface area contributed by atoms with Gasteiger partial charge in [0.2, 0.25) is 0 Å². The van der Waals surface area contributed by atoms with Gasteiger partial charge in [-0.2, -0.15) is 0 Å². The smallest absolute Gasteiger partial charge is 0.258 e. The first-order chi connectivity index (χ1) is 12.1. The minimum absolute atomic E-state index is 0.105. The van der Waals surface area contributed by atoms with Gasteiger partial charge in [-0.1, -0.05) is 12.1 Å². The largest absolute Gasteiger partial charge is 0.481 e. The second kappa shape index (κ2) is 6.60. The molecule has 1 aromatic rings. The molecule has 1 amide bonds. The Morgan fingerprint density at radius 3 is 2.40 bits per heavy atom. The topological polar surface area (TPSA) is 47.6 Å². The number of methoxy groups -OCH3 is 1. The lowest BCUT2D eigenvalue weighted by Gasteiger charge is -2.60. The molecular formula is C20H26FNO3. The van der Waals surface area contributed by atoms with Crippen LogP contribution in [0.4, 0.5) is 4.39 Å². The van der Waals surface area contributed by atoms with E-state index in [0.29, 0.717) is 18.4 Å². The van der Waals surface area contributed by atoms with Crippen molar-refractivity contribution >= 4 is 5.91 Å². The number of halogens is 1. The summed E-state index contributed by atoms with van der Waals surface area (Å²) in [5.74, 6) is 2.21. The van der Waals surface area contributed by atoms with Gasteiger partial charge in [0.15, 0.2) is 18.2 Å². The second-order valence-electron chi connectivity index (χ2n) is 7.96. The van der Waals surface area contributed by atoms with Crippen molar-refractivity contribution in [2.75, 3.05) is 20.3 Å². The Bertz CT molecular complexity index is 620. The molecule has 4 fully saturated rings. The molecule has 0 spiro atoms. The van der Waals surface area contributed by atoms with Gasteiger partial charge in [-0.25, -0.2) is 4.39 Å². The Morgan fingerprint density at radius 2 is 1.80 bits per heavy atom. The monoisotopic (exact) mass is 347 g/mol. The van der Waals surface area contributed by atoms with Crippen molar-refractivity contribution < 1.29 is 18.7 Å². The van der Waals surface area contributed by atoms with Crippen LogP contribution >= 0.6 is 0 Å². The Labute approximate surface area is 148 Å². The van der Waals surface area contributed by atoms with E-state index >= 15 is 0 Å². The van der Waals surface area contributed by atoms with Crippen molar-refractivity contribution in [3.05, 3.63) is 30.1 Å². The van der Waals surface area contributed by atoms with Gasteiger partial charge in [0.1, 0.15) is 0 Å². The lowest BCUT2D eigenvalue weighted by atomic mass is 9.49. The van der Waals surface area contributed by atoms with E-state index in [1.54, 1.807) is 19.2 Å². The van der Waals surface area contributed by atoms with Crippen LogP contribution in [0.2, 0.25) is 0 Å². The molecule has 5 rings (SSSR count). The number of benzene rings is 1. The summed E-state index contributed by atoms with van der Waals surface area (Å²) in [5.41, 5.74) is -0.235. The molecule has 4 saturated carbocycles. The van der Waals surface area contributed by atoms with E-state index in [1.165, 1.54) is 44.2 Å². The summed E-state index contributed by atoms with van der Waals surface area (Å²) in [7, 11) is 1.78. The summed E-state index contributed by atoms with van der Waals surface area (Å²) in [4.78, 5) is 12.2. The van der Waals surface area contributed by atoms with Crippen molar-refractivity contribution in [3.8, 4) is 5.75 Å². The summed E-state index contributed by atoms with van der Waals surface area (Å²) in [5, 5.41) is 2.98. The maximum atomic E-state index is 13.6. The maximum absolute atomic E-state index is 13.6. The number of carbonyl (C=O) groups is 1. The second-order valence-corrected chi connectivity index (χ2v) is 7.96. The van der Waals surface area contributed by atoms with Crippen LogP contribution in [0.1, 0.15) is 32.1 Å². The van der Waals surface area contributed by atoms with Crippen LogP contribution < -0.4 is 10.1 Å². The Hall–Kier alpha value is -1.62. The van der Waals surface area contributed by atoms with E-state index in [2.05, 4.69) is 5.32 Å². The number of para-hydroxylation sites is 1. The molecule has 0 aromatic heterocycles. The minimum atomic E-state index is -0.454. The first-order valence-corrected chi connectivity index (χ1v) is 9.30. The molecule has 0 saturated heterocycles. The number of ether oxygens (including phenoxy) is 2. The van der Waals surface area contributed by atoms with E-state index in [1.807, 2.05) is 0 Å². The van der Waals surface area contributed by atoms with E-state index in [-0.39, 0.29) is 23.9 Å². The molecule has 25 heavy (non-hydrogen) atoms. The molecule has 0 atom stereocenters. The molecular weight excluding hydrogens is 321 g/mol. The summed E-state index contributed by atoms with van der Waals surface area (Å²) in [6.07, 6.45) is 6.28. The van der Waals surface area contributed by atoms with Crippen molar-refractivity contribution in [1.29, 1.82) is 0 Å². The van der Waals surface area contributed by atoms with Crippen molar-refractivity contribution in [1.82, 2.24) is 5.32 Å². The van der Waals surface area contributed by atoms with E-state index in [0.717, 1.165) is 11.8 Å². The fourth-order valence-electron chi connectivity index (χ4n) is 5.67. The number of hydrogen-bond donors (Lipinski definition) is 1. The third kappa shape index (κ3) is 3.03. The SMILES string of the molecule is COC1(CNC(=O)COc2ccccc2F)C2CC3CC(C2)CC1C3. The third-order valence-electron chi connectivity index (χ3n) is 6.66. The molecule has 0 unspecified atom stereocenters. The van der Waals surface area contributed by atoms with Crippen molar-refractivity contribution in [2.45, 2.75) is 37.7 Å². The van der Waals surface area contributed by atoms with Gasteiger partial charge in [-0.15, -0.1) is 0 Å². The van der Waals surface area contributed by atoms with Crippen LogP contribution in [0.15, 0.2) is 24.3 Å². The summed E-state index contributed by atoms with van der Waals surface area (Å²) in [6.45, 7) is 0.346. The summed E-state index contributed by atoms with van der Waals surface area (Å²) < 4.78 is 24.9. The fraction of sp³-hybridized carbons (Fsp3) is 0.650. The average Bonchev–Trinajstić information content (AvgIpc) is 2.60. The number of nitrogens with one attached hydrogen (secondary N) is 1. The Balaban J connectivity index is 1.35. The van der Waals surface area contributed by atoms with Crippen LogP contribution in [0.5, 0.6) is 5.75 Å². The highest BCUT2D eigenvalue weighted by atomic mass is 19.1. The molecule has 0 heterocycles. The van der Waals surface area contributed by atoms with Crippen LogP contribution in [0.25, 0.3) is 0 Å². The molecule has 4 nitrogen and oxygen atoms in total. The first-order valence-electron chi connectivity index (χ1n) is 9.30. The van der Waals surface area contributed by atoms with E-state index in [9.17, 15) is 9.18 Å². The molecule has 4 aliphatic rings. The lowest BCUT2D eigenvalue weighted by molar-refractivity contribution is -0.188. The van der Waals surface area contributed by atoms with Gasteiger partial charge in [0, 0.05) is 13.7 Å². The van der Waals surface area contributed by atoms with Crippen molar-refractivity contribution in [2.24, 2.45) is 23.7 Å². The summed E-state index contributed by atoms with van der Waals surface area (Å²) in [6, 6.07) is 6.13. The Morgan fingerprint density at radius 1 is 1.16 bits per heavy atom. The minimum Gasteiger partial charge on any atom is -0.481 e. The maximum Gasteiger partial charge on any atom is 0.258 e. The highest BCUT2D eigenvalue weighted by Crippen LogP contribution is 2.59. The molecule has 4 bridgehead atoms. The highest BCUT2D eigenvalue weighted by Gasteiger charge is 2.57. The van der Waals surface area contributed by atoms with Gasteiger partial charge in [-0.3, -0.25) is 4.79 Å². The molecule has 0 radical (unpaired) electrons. The van der Waals surface area contributed by atoms with Crippen molar-refractivity contribution in [3.63, 3.8) is 0 Å². The average molecular weight is 347 g/mol. The van der Waals surface area contributed by atoms with Gasteiger partial charge in [-0.05, 0) is 67.9 Å². The molecule has 1 N–H and O–H groups in total. The molecule has 1 aromatic carbocycles. The zero-order valence-electron chi connectivity index (χ0n) is 14.7. The van der Waals surface area contributed by atoms with Gasteiger partial charge < -0.3 is 14.8 Å². The van der Waals surface area contributed by atoms with Crippen LogP contribution in [0, 0.1) is 29.5 Å². The number of amides is 1. The molecule has 0 aliphatic heterocycles. The van der Waals surface area contributed by atoms with Gasteiger partial charge in [0.25, 0.3) is 5.91 Å². The number of carbonyl (C=O) groups excluding carboxylic acids is 1. The zero-order chi connectivity index (χ0) is 17.4. The highest BCUT2D eigenvalue weighted by molar-refractivity contribution is 5.77. The number of rotatable bonds is 6. The zero-order valence-corrected chi connectivity index (χ0v) is 14.7. The quantitative estimate of drug-likeness (QED) is 0.860. The van der Waals surface area contributed by atoms with Gasteiger partial charge >= 0.3 is 0 Å². The van der Waals surface area contributed by atoms with Crippen LogP contribution in [-0.4, -0.2) is 31.8 Å². The Kier molecular flexibility index (Phi) is 4.44. The van der Waals surface area contributed by atoms with Crippen LogP contribution in [-0.2, 0) is 9.53 Å². The normalized spacial score (nSPS) is 35.6. The lowest BCUT2D eigenvalue weighted by Crippen LogP contribution is -2.63. The predicted molar refractivity (Wildman–Crippen MR) is 91.7 cm³/mol. The third-order valence-corrected chi connectivity index (χ3v) is 6.66. The van der Waals surface area contributed by atoms with E-state index < -0.39 is 5.82 Å². The molecule has 5 heteroatoms. The van der Waals surface area contributed by atoms with Gasteiger partial charge in [0.05, 0.1) is 5.60 Å². The van der Waals surface area contributed by atoms with E-state index in [4.69, 9.17) is 9.47 Å². The molecule has 136 valence electrons. The fourth-order valence-corrected chi connectivity index (χ4v) is 5.67. The summed E-state index contributed by atoms with van der Waals surface area (Å²) >= 11 is 0. The standard InChI is InChI=1S/C20H26FNO3/c1-24-20(15-7-13-6-14(9-15)10-16(20)8-13)12-22-19(23)11-25-18-5-3-2-4-17(18)21/h2-5,13-16H,6-12H2,1H3,(H,22,23). The van der Waals surface area contributed by atoms with Crippen LogP contribution in [0.3, 0.4) is 0 Å². The predicted octanol–water partition coefficient (Wildman–Crippen LogP) is 3.16. The molecule has 4 aliphatic carbocycles. The first kappa shape index (κ1) is 16.8.